The van der Waals surface area contributed by atoms with Crippen molar-refractivity contribution < 1.29 is 4.74 Å². The van der Waals surface area contributed by atoms with E-state index in [0.717, 1.165) is 10.2 Å². The Morgan fingerprint density at radius 2 is 2.19 bits per heavy atom. The number of methoxy groups -OCH3 is 1. The number of ether oxygens (including phenoxy) is 1. The van der Waals surface area contributed by atoms with Crippen LogP contribution in [0.15, 0.2) is 28.7 Å². The number of nitrogens with zero attached hydrogens (tertiary/aromatic N) is 1. The largest absolute Gasteiger partial charge is 0.384 e. The SMILES string of the molecule is COCC(C)C(C#N)Nc1ccccc1Br. The molecule has 4 heteroatoms. The van der Waals surface area contributed by atoms with Crippen LogP contribution in [0.2, 0.25) is 0 Å². The van der Waals surface area contributed by atoms with Gasteiger partial charge in [-0.1, -0.05) is 19.1 Å². The van der Waals surface area contributed by atoms with E-state index in [1.165, 1.54) is 0 Å². The predicted molar refractivity (Wildman–Crippen MR) is 68.2 cm³/mol. The first-order valence-corrected chi connectivity index (χ1v) is 5.88. The number of nitrogens with one attached hydrogen (secondary N) is 1. The van der Waals surface area contributed by atoms with Crippen molar-refractivity contribution in [1.29, 1.82) is 5.26 Å². The van der Waals surface area contributed by atoms with E-state index in [9.17, 15) is 0 Å². The molecular formula is C12H15BrN2O. The topological polar surface area (TPSA) is 45.0 Å². The summed E-state index contributed by atoms with van der Waals surface area (Å²) in [6.07, 6.45) is 0. The summed E-state index contributed by atoms with van der Waals surface area (Å²) in [4.78, 5) is 0. The third-order valence-electron chi connectivity index (χ3n) is 2.32. The fraction of sp³-hybridized carbons (Fsp3) is 0.417. The molecule has 1 N–H and O–H groups in total. The molecule has 1 rings (SSSR count). The van der Waals surface area contributed by atoms with Crippen molar-refractivity contribution >= 4 is 21.6 Å². The summed E-state index contributed by atoms with van der Waals surface area (Å²) in [5.41, 5.74) is 0.928. The predicted octanol–water partition coefficient (Wildman–Crippen LogP) is 3.04. The molecule has 1 aromatic carbocycles. The van der Waals surface area contributed by atoms with E-state index in [4.69, 9.17) is 10.00 Å². The van der Waals surface area contributed by atoms with Gasteiger partial charge in [0, 0.05) is 23.2 Å². The number of benzene rings is 1. The summed E-state index contributed by atoms with van der Waals surface area (Å²) in [5, 5.41) is 12.3. The maximum Gasteiger partial charge on any atom is 0.119 e. The fourth-order valence-corrected chi connectivity index (χ4v) is 1.81. The van der Waals surface area contributed by atoms with Crippen LogP contribution in [-0.4, -0.2) is 19.8 Å². The Bertz CT molecular complexity index is 376. The molecule has 2 atom stereocenters. The van der Waals surface area contributed by atoms with E-state index in [-0.39, 0.29) is 12.0 Å². The highest BCUT2D eigenvalue weighted by atomic mass is 79.9. The van der Waals surface area contributed by atoms with Crippen molar-refractivity contribution in [2.24, 2.45) is 5.92 Å². The molecule has 0 fully saturated rings. The number of anilines is 1. The van der Waals surface area contributed by atoms with Crippen molar-refractivity contribution in [2.75, 3.05) is 19.0 Å². The normalized spacial score (nSPS) is 13.9. The van der Waals surface area contributed by atoms with E-state index in [2.05, 4.69) is 27.3 Å². The van der Waals surface area contributed by atoms with Crippen molar-refractivity contribution in [3.05, 3.63) is 28.7 Å². The van der Waals surface area contributed by atoms with Gasteiger partial charge in [0.05, 0.1) is 12.7 Å². The van der Waals surface area contributed by atoms with E-state index in [0.29, 0.717) is 6.61 Å². The average molecular weight is 283 g/mol. The highest BCUT2D eigenvalue weighted by Gasteiger charge is 2.16. The minimum absolute atomic E-state index is 0.141. The van der Waals surface area contributed by atoms with Crippen molar-refractivity contribution in [1.82, 2.24) is 0 Å². The van der Waals surface area contributed by atoms with Gasteiger partial charge in [-0.25, -0.2) is 0 Å². The number of hydrogen-bond acceptors (Lipinski definition) is 3. The number of para-hydroxylation sites is 1. The molecule has 0 aliphatic carbocycles. The molecule has 0 aromatic heterocycles. The van der Waals surface area contributed by atoms with Gasteiger partial charge < -0.3 is 10.1 Å². The molecule has 2 unspecified atom stereocenters. The lowest BCUT2D eigenvalue weighted by Crippen LogP contribution is -2.28. The highest BCUT2D eigenvalue weighted by molar-refractivity contribution is 9.10. The fourth-order valence-electron chi connectivity index (χ4n) is 1.41. The summed E-state index contributed by atoms with van der Waals surface area (Å²) in [6, 6.07) is 9.75. The van der Waals surface area contributed by atoms with Crippen LogP contribution < -0.4 is 5.32 Å². The van der Waals surface area contributed by atoms with Gasteiger partial charge in [0.15, 0.2) is 0 Å². The van der Waals surface area contributed by atoms with Crippen LogP contribution >= 0.6 is 15.9 Å². The smallest absolute Gasteiger partial charge is 0.119 e. The first-order chi connectivity index (χ1) is 7.69. The second kappa shape index (κ2) is 6.51. The molecule has 16 heavy (non-hydrogen) atoms. The van der Waals surface area contributed by atoms with E-state index < -0.39 is 0 Å². The number of halogens is 1. The molecule has 0 radical (unpaired) electrons. The van der Waals surface area contributed by atoms with Crippen LogP contribution in [0, 0.1) is 17.2 Å². The minimum atomic E-state index is -0.251. The molecule has 3 nitrogen and oxygen atoms in total. The first-order valence-electron chi connectivity index (χ1n) is 5.08. The molecule has 1 aromatic rings. The summed E-state index contributed by atoms with van der Waals surface area (Å²) < 4.78 is 6.01. The monoisotopic (exact) mass is 282 g/mol. The Labute approximate surface area is 105 Å². The lowest BCUT2D eigenvalue weighted by atomic mass is 10.0. The Hall–Kier alpha value is -1.05. The number of nitriles is 1. The zero-order valence-electron chi connectivity index (χ0n) is 9.40. The first kappa shape index (κ1) is 13.0. The third-order valence-corrected chi connectivity index (χ3v) is 3.01. The van der Waals surface area contributed by atoms with Gasteiger partial charge in [0.1, 0.15) is 6.04 Å². The molecule has 0 bridgehead atoms. The van der Waals surface area contributed by atoms with Crippen LogP contribution in [0.4, 0.5) is 5.69 Å². The molecule has 0 spiro atoms. The molecule has 0 amide bonds. The molecule has 0 saturated heterocycles. The lowest BCUT2D eigenvalue weighted by molar-refractivity contribution is 0.157. The average Bonchev–Trinajstić information content (AvgIpc) is 2.28. The maximum absolute atomic E-state index is 9.09. The van der Waals surface area contributed by atoms with Crippen LogP contribution in [0.25, 0.3) is 0 Å². The van der Waals surface area contributed by atoms with E-state index in [1.807, 2.05) is 31.2 Å². The third kappa shape index (κ3) is 3.51. The van der Waals surface area contributed by atoms with Crippen molar-refractivity contribution in [3.63, 3.8) is 0 Å². The molecule has 0 saturated carbocycles. The van der Waals surface area contributed by atoms with Crippen LogP contribution in [0.1, 0.15) is 6.92 Å². The van der Waals surface area contributed by atoms with Crippen LogP contribution in [-0.2, 0) is 4.74 Å². The zero-order chi connectivity index (χ0) is 12.0. The Kier molecular flexibility index (Phi) is 5.30. The summed E-state index contributed by atoms with van der Waals surface area (Å²) >= 11 is 3.44. The van der Waals surface area contributed by atoms with E-state index in [1.54, 1.807) is 7.11 Å². The van der Waals surface area contributed by atoms with Crippen molar-refractivity contribution in [2.45, 2.75) is 13.0 Å². The summed E-state index contributed by atoms with van der Waals surface area (Å²) in [6.45, 7) is 2.55. The van der Waals surface area contributed by atoms with Crippen LogP contribution in [0.3, 0.4) is 0 Å². The van der Waals surface area contributed by atoms with Crippen LogP contribution in [0.5, 0.6) is 0 Å². The molecule has 86 valence electrons. The quantitative estimate of drug-likeness (QED) is 0.903. The van der Waals surface area contributed by atoms with Gasteiger partial charge in [-0.15, -0.1) is 0 Å². The summed E-state index contributed by atoms with van der Waals surface area (Å²) in [5.74, 6) is 0.141. The van der Waals surface area contributed by atoms with Crippen molar-refractivity contribution in [3.8, 4) is 6.07 Å². The standard InChI is InChI=1S/C12H15BrN2O/c1-9(8-16-2)12(7-14)15-11-6-4-3-5-10(11)13/h3-6,9,12,15H,8H2,1-2H3. The Morgan fingerprint density at radius 3 is 2.75 bits per heavy atom. The zero-order valence-corrected chi connectivity index (χ0v) is 11.0. The molecule has 0 heterocycles. The summed E-state index contributed by atoms with van der Waals surface area (Å²) in [7, 11) is 1.64. The second-order valence-electron chi connectivity index (χ2n) is 3.66. The lowest BCUT2D eigenvalue weighted by Gasteiger charge is -2.19. The Balaban J connectivity index is 2.71. The molecular weight excluding hydrogens is 268 g/mol. The minimum Gasteiger partial charge on any atom is -0.384 e. The van der Waals surface area contributed by atoms with Gasteiger partial charge in [-0.05, 0) is 28.1 Å². The number of hydrogen-bond donors (Lipinski definition) is 1. The maximum atomic E-state index is 9.09. The number of rotatable bonds is 5. The van der Waals surface area contributed by atoms with Gasteiger partial charge in [-0.2, -0.15) is 5.26 Å². The van der Waals surface area contributed by atoms with E-state index >= 15 is 0 Å². The van der Waals surface area contributed by atoms with Gasteiger partial charge in [0.25, 0.3) is 0 Å². The van der Waals surface area contributed by atoms with Gasteiger partial charge in [0.2, 0.25) is 0 Å². The molecule has 0 aliphatic heterocycles. The molecule has 0 aliphatic rings. The highest BCUT2D eigenvalue weighted by Crippen LogP contribution is 2.23. The second-order valence-corrected chi connectivity index (χ2v) is 4.52. The van der Waals surface area contributed by atoms with Gasteiger partial charge in [-0.3, -0.25) is 0 Å². The Morgan fingerprint density at radius 1 is 1.50 bits per heavy atom. The van der Waals surface area contributed by atoms with Gasteiger partial charge >= 0.3 is 0 Å².